The Labute approximate surface area is 158 Å². The minimum Gasteiger partial charge on any atom is -0.477 e. The van der Waals surface area contributed by atoms with Crippen molar-refractivity contribution in [2.24, 2.45) is 5.73 Å². The van der Waals surface area contributed by atoms with E-state index in [2.05, 4.69) is 26.8 Å². The van der Waals surface area contributed by atoms with Crippen molar-refractivity contribution < 1.29 is 17.9 Å². The summed E-state index contributed by atoms with van der Waals surface area (Å²) in [7, 11) is -3.19. The molecule has 0 fully saturated rings. The van der Waals surface area contributed by atoms with Gasteiger partial charge < -0.3 is 10.5 Å². The lowest BCUT2D eigenvalue weighted by Crippen LogP contribution is -2.16. The molecule has 2 N–H and O–H groups in total. The highest BCUT2D eigenvalue weighted by Crippen LogP contribution is 2.32. The SMILES string of the molecule is CC(C)(C)c1ccc(CCCCCCCC(N)=O)cc1OCS(C)(=O)=O. The van der Waals surface area contributed by atoms with Crippen LogP contribution in [-0.2, 0) is 26.5 Å². The van der Waals surface area contributed by atoms with E-state index in [1.54, 1.807) is 0 Å². The van der Waals surface area contributed by atoms with Crippen LogP contribution in [0.4, 0.5) is 0 Å². The van der Waals surface area contributed by atoms with Crippen molar-refractivity contribution in [2.45, 2.75) is 71.1 Å². The van der Waals surface area contributed by atoms with Crippen LogP contribution in [0.2, 0.25) is 0 Å². The number of primary amides is 1. The van der Waals surface area contributed by atoms with Gasteiger partial charge in [-0.2, -0.15) is 0 Å². The van der Waals surface area contributed by atoms with Crippen LogP contribution in [0.5, 0.6) is 5.75 Å². The fourth-order valence-electron chi connectivity index (χ4n) is 2.79. The number of amides is 1. The third kappa shape index (κ3) is 9.22. The van der Waals surface area contributed by atoms with Crippen molar-refractivity contribution in [2.75, 3.05) is 12.2 Å². The van der Waals surface area contributed by atoms with Gasteiger partial charge in [-0.25, -0.2) is 8.42 Å². The second-order valence-electron chi connectivity index (χ2n) is 8.00. The molecule has 0 spiro atoms. The molecule has 0 atom stereocenters. The highest BCUT2D eigenvalue weighted by Gasteiger charge is 2.20. The van der Waals surface area contributed by atoms with E-state index in [4.69, 9.17) is 10.5 Å². The van der Waals surface area contributed by atoms with Gasteiger partial charge in [0.1, 0.15) is 5.75 Å². The summed E-state index contributed by atoms with van der Waals surface area (Å²) < 4.78 is 28.5. The van der Waals surface area contributed by atoms with Gasteiger partial charge in [-0.3, -0.25) is 4.79 Å². The molecule has 0 aliphatic rings. The Morgan fingerprint density at radius 2 is 1.69 bits per heavy atom. The molecule has 1 amide bonds. The Morgan fingerprint density at radius 3 is 2.27 bits per heavy atom. The summed E-state index contributed by atoms with van der Waals surface area (Å²) in [6.07, 6.45) is 7.69. The first-order valence-electron chi connectivity index (χ1n) is 9.21. The number of aryl methyl sites for hydroxylation is 1. The van der Waals surface area contributed by atoms with Crippen LogP contribution in [0, 0.1) is 0 Å². The van der Waals surface area contributed by atoms with Crippen LogP contribution in [0.3, 0.4) is 0 Å². The van der Waals surface area contributed by atoms with E-state index in [0.29, 0.717) is 12.2 Å². The molecule has 0 saturated heterocycles. The summed E-state index contributed by atoms with van der Waals surface area (Å²) in [6, 6.07) is 6.11. The number of carbonyl (C=O) groups excluding carboxylic acids is 1. The van der Waals surface area contributed by atoms with Gasteiger partial charge in [-0.1, -0.05) is 52.2 Å². The van der Waals surface area contributed by atoms with Crippen molar-refractivity contribution in [3.63, 3.8) is 0 Å². The first-order chi connectivity index (χ1) is 12.0. The highest BCUT2D eigenvalue weighted by molar-refractivity contribution is 7.90. The number of unbranched alkanes of at least 4 members (excludes halogenated alkanes) is 4. The Balaban J connectivity index is 2.62. The highest BCUT2D eigenvalue weighted by atomic mass is 32.2. The Hall–Kier alpha value is -1.56. The molecule has 148 valence electrons. The normalized spacial score (nSPS) is 12.2. The maximum absolute atomic E-state index is 11.4. The minimum absolute atomic E-state index is 0.119. The van der Waals surface area contributed by atoms with Crippen LogP contribution < -0.4 is 10.5 Å². The number of nitrogens with two attached hydrogens (primary N) is 1. The van der Waals surface area contributed by atoms with E-state index >= 15 is 0 Å². The zero-order valence-corrected chi connectivity index (χ0v) is 17.3. The average molecular weight is 384 g/mol. The first-order valence-corrected chi connectivity index (χ1v) is 11.3. The zero-order chi connectivity index (χ0) is 19.8. The summed E-state index contributed by atoms with van der Waals surface area (Å²) in [4.78, 5) is 10.7. The fraction of sp³-hybridized carbons (Fsp3) is 0.650. The molecule has 0 bridgehead atoms. The van der Waals surface area contributed by atoms with Gasteiger partial charge in [0, 0.05) is 12.7 Å². The molecular weight excluding hydrogens is 350 g/mol. The van der Waals surface area contributed by atoms with E-state index in [0.717, 1.165) is 49.7 Å². The van der Waals surface area contributed by atoms with Crippen LogP contribution in [0.1, 0.15) is 70.4 Å². The van der Waals surface area contributed by atoms with Crippen LogP contribution in [-0.4, -0.2) is 26.5 Å². The van der Waals surface area contributed by atoms with Gasteiger partial charge in [0.2, 0.25) is 5.91 Å². The molecular formula is C20H33NO4S. The number of sulfone groups is 1. The third-order valence-corrected chi connectivity index (χ3v) is 4.72. The number of rotatable bonds is 11. The molecule has 0 aliphatic carbocycles. The average Bonchev–Trinajstić information content (AvgIpc) is 2.50. The lowest BCUT2D eigenvalue weighted by atomic mass is 9.85. The third-order valence-electron chi connectivity index (χ3n) is 4.17. The lowest BCUT2D eigenvalue weighted by Gasteiger charge is -2.23. The fourth-order valence-corrected chi connectivity index (χ4v) is 3.13. The van der Waals surface area contributed by atoms with Gasteiger partial charge in [0.05, 0.1) is 0 Å². The smallest absolute Gasteiger partial charge is 0.217 e. The predicted molar refractivity (Wildman–Crippen MR) is 106 cm³/mol. The number of carbonyl (C=O) groups is 1. The van der Waals surface area contributed by atoms with Crippen molar-refractivity contribution in [1.82, 2.24) is 0 Å². The Bertz CT molecular complexity index is 690. The number of hydrogen-bond acceptors (Lipinski definition) is 4. The zero-order valence-electron chi connectivity index (χ0n) is 16.5. The second-order valence-corrected chi connectivity index (χ2v) is 10.1. The second kappa shape index (κ2) is 9.95. The number of benzene rings is 1. The van der Waals surface area contributed by atoms with Crippen LogP contribution in [0.15, 0.2) is 18.2 Å². The van der Waals surface area contributed by atoms with Crippen molar-refractivity contribution >= 4 is 15.7 Å². The molecule has 26 heavy (non-hydrogen) atoms. The molecule has 0 aliphatic heterocycles. The van der Waals surface area contributed by atoms with Crippen LogP contribution >= 0.6 is 0 Å². The molecule has 0 aromatic heterocycles. The maximum Gasteiger partial charge on any atom is 0.217 e. The van der Waals surface area contributed by atoms with Crippen molar-refractivity contribution in [3.05, 3.63) is 29.3 Å². The first kappa shape index (κ1) is 22.5. The quantitative estimate of drug-likeness (QED) is 0.590. The van der Waals surface area contributed by atoms with Gasteiger partial charge in [0.25, 0.3) is 0 Å². The molecule has 0 unspecified atom stereocenters. The van der Waals surface area contributed by atoms with E-state index in [1.165, 1.54) is 6.26 Å². The van der Waals surface area contributed by atoms with Gasteiger partial charge in [0.15, 0.2) is 15.8 Å². The number of hydrogen-bond donors (Lipinski definition) is 1. The monoisotopic (exact) mass is 383 g/mol. The Kier molecular flexibility index (Phi) is 8.60. The molecule has 6 heteroatoms. The largest absolute Gasteiger partial charge is 0.477 e. The maximum atomic E-state index is 11.4. The van der Waals surface area contributed by atoms with E-state index < -0.39 is 9.84 Å². The molecule has 5 nitrogen and oxygen atoms in total. The van der Waals surface area contributed by atoms with Crippen molar-refractivity contribution in [1.29, 1.82) is 0 Å². The van der Waals surface area contributed by atoms with E-state index in [9.17, 15) is 13.2 Å². The standard InChI is InChI=1S/C20H33NO4S/c1-20(2,3)17-13-12-16(14-18(17)25-15-26(4,23)24)10-8-6-5-7-9-11-19(21)22/h12-14H,5-11,15H2,1-4H3,(H2,21,22). The van der Waals surface area contributed by atoms with Gasteiger partial charge in [-0.05, 0) is 41.9 Å². The minimum atomic E-state index is -3.19. The molecule has 0 radical (unpaired) electrons. The van der Waals surface area contributed by atoms with Crippen molar-refractivity contribution in [3.8, 4) is 5.75 Å². The molecule has 0 heterocycles. The van der Waals surface area contributed by atoms with Gasteiger partial charge in [-0.15, -0.1) is 0 Å². The lowest BCUT2D eigenvalue weighted by molar-refractivity contribution is -0.118. The summed E-state index contributed by atoms with van der Waals surface area (Å²) >= 11 is 0. The summed E-state index contributed by atoms with van der Waals surface area (Å²) in [5, 5.41) is 0. The van der Waals surface area contributed by atoms with Gasteiger partial charge >= 0.3 is 0 Å². The summed E-state index contributed by atoms with van der Waals surface area (Å²) in [5.41, 5.74) is 7.17. The van der Waals surface area contributed by atoms with Crippen LogP contribution in [0.25, 0.3) is 0 Å². The van der Waals surface area contributed by atoms with E-state index in [1.807, 2.05) is 12.1 Å². The molecule has 1 aromatic carbocycles. The topological polar surface area (TPSA) is 86.5 Å². The Morgan fingerprint density at radius 1 is 1.08 bits per heavy atom. The predicted octanol–water partition coefficient (Wildman–Crippen LogP) is 3.73. The molecule has 0 saturated carbocycles. The summed E-state index contributed by atoms with van der Waals surface area (Å²) in [5.74, 6) is 0.117. The molecule has 1 aromatic rings. The molecule has 1 rings (SSSR count). The van der Waals surface area contributed by atoms with E-state index in [-0.39, 0.29) is 17.3 Å². The number of ether oxygens (including phenoxy) is 1. The summed E-state index contributed by atoms with van der Waals surface area (Å²) in [6.45, 7) is 6.25.